The summed E-state index contributed by atoms with van der Waals surface area (Å²) < 4.78 is 10.9. The number of aliphatic imine (C=N–C) groups is 1. The van der Waals surface area contributed by atoms with Crippen molar-refractivity contribution in [2.24, 2.45) is 4.99 Å². The van der Waals surface area contributed by atoms with E-state index in [0.29, 0.717) is 12.8 Å². The first-order chi connectivity index (χ1) is 15.7. The Bertz CT molecular complexity index is 1100. The molecule has 1 unspecified atom stereocenters. The van der Waals surface area contributed by atoms with Crippen LogP contribution in [0.4, 0.5) is 0 Å². The fraction of sp³-hybridized carbons (Fsp3) is 0.296. The van der Waals surface area contributed by atoms with Crippen molar-refractivity contribution in [2.75, 3.05) is 19.9 Å². The molecule has 0 radical (unpaired) electrons. The molecule has 5 rings (SSSR count). The van der Waals surface area contributed by atoms with Gasteiger partial charge >= 0.3 is 0 Å². The number of rotatable bonds is 5. The van der Waals surface area contributed by atoms with Crippen molar-refractivity contribution < 1.29 is 9.47 Å². The van der Waals surface area contributed by atoms with Crippen LogP contribution in [0.1, 0.15) is 41.1 Å². The van der Waals surface area contributed by atoms with Gasteiger partial charge in [0.05, 0.1) is 12.1 Å². The Balaban J connectivity index is 1.30. The molecule has 0 spiro atoms. The number of hydrogen-bond acceptors (Lipinski definition) is 4. The minimum absolute atomic E-state index is 0.156. The average molecular weight is 447 g/mol. The van der Waals surface area contributed by atoms with Gasteiger partial charge in [-0.15, -0.1) is 0 Å². The second-order valence-electron chi connectivity index (χ2n) is 8.49. The molecule has 2 aliphatic heterocycles. The lowest BCUT2D eigenvalue weighted by molar-refractivity contribution is 0.174. The van der Waals surface area contributed by atoms with Gasteiger partial charge in [-0.1, -0.05) is 59.6 Å². The van der Waals surface area contributed by atoms with Crippen molar-refractivity contribution in [1.29, 1.82) is 0 Å². The Labute approximate surface area is 194 Å². The number of piperidine rings is 1. The average Bonchev–Trinajstić information content (AvgIpc) is 3.29. The van der Waals surface area contributed by atoms with Crippen molar-refractivity contribution in [3.63, 3.8) is 0 Å². The quantitative estimate of drug-likeness (QED) is 0.447. The van der Waals surface area contributed by atoms with Gasteiger partial charge in [0.1, 0.15) is 0 Å². The monoisotopic (exact) mass is 446 g/mol. The molecule has 0 saturated carbocycles. The highest BCUT2D eigenvalue weighted by atomic mass is 35.5. The molecule has 0 aromatic heterocycles. The van der Waals surface area contributed by atoms with Crippen LogP contribution in [0.5, 0.6) is 11.5 Å². The summed E-state index contributed by atoms with van der Waals surface area (Å²) in [5.41, 5.74) is 4.76. The lowest BCUT2D eigenvalue weighted by Crippen LogP contribution is -2.38. The minimum Gasteiger partial charge on any atom is -0.454 e. The second kappa shape index (κ2) is 9.35. The zero-order valence-electron chi connectivity index (χ0n) is 18.2. The maximum Gasteiger partial charge on any atom is 0.231 e. The molecular formula is C27H27ClN2O2. The van der Waals surface area contributed by atoms with Gasteiger partial charge in [0, 0.05) is 24.3 Å². The smallest absolute Gasteiger partial charge is 0.231 e. The summed E-state index contributed by atoms with van der Waals surface area (Å²) in [6.07, 6.45) is 4.01. The highest BCUT2D eigenvalue weighted by Gasteiger charge is 2.28. The number of ether oxygens (including phenoxy) is 2. The van der Waals surface area contributed by atoms with Crippen LogP contribution < -0.4 is 9.47 Å². The van der Waals surface area contributed by atoms with E-state index >= 15 is 0 Å². The van der Waals surface area contributed by atoms with Gasteiger partial charge in [-0.25, -0.2) is 0 Å². The molecule has 1 saturated heterocycles. The Morgan fingerprint density at radius 3 is 2.50 bits per heavy atom. The number of hydrogen-bond donors (Lipinski definition) is 0. The fourth-order valence-electron chi connectivity index (χ4n) is 4.51. The van der Waals surface area contributed by atoms with Crippen molar-refractivity contribution in [3.05, 3.63) is 94.0 Å². The van der Waals surface area contributed by atoms with E-state index in [2.05, 4.69) is 48.2 Å². The molecule has 5 heteroatoms. The number of benzene rings is 3. The Morgan fingerprint density at radius 2 is 1.72 bits per heavy atom. The summed E-state index contributed by atoms with van der Waals surface area (Å²) >= 11 is 6.64. The zero-order chi connectivity index (χ0) is 21.9. The van der Waals surface area contributed by atoms with Gasteiger partial charge in [-0.3, -0.25) is 9.89 Å². The Kier molecular flexibility index (Phi) is 6.15. The third-order valence-electron chi connectivity index (χ3n) is 6.29. The predicted molar refractivity (Wildman–Crippen MR) is 129 cm³/mol. The third kappa shape index (κ3) is 4.52. The summed E-state index contributed by atoms with van der Waals surface area (Å²) in [5, 5.41) is 0.820. The molecule has 1 atom stereocenters. The summed E-state index contributed by atoms with van der Waals surface area (Å²) in [7, 11) is 0. The van der Waals surface area contributed by atoms with Gasteiger partial charge in [0.2, 0.25) is 6.79 Å². The minimum atomic E-state index is 0.156. The van der Waals surface area contributed by atoms with E-state index in [9.17, 15) is 0 Å². The highest BCUT2D eigenvalue weighted by Crippen LogP contribution is 2.36. The van der Waals surface area contributed by atoms with Crippen molar-refractivity contribution in [3.8, 4) is 11.5 Å². The molecule has 32 heavy (non-hydrogen) atoms. The first-order valence-corrected chi connectivity index (χ1v) is 11.5. The van der Waals surface area contributed by atoms with E-state index in [1.54, 1.807) is 0 Å². The van der Waals surface area contributed by atoms with Crippen molar-refractivity contribution in [1.82, 2.24) is 4.90 Å². The first kappa shape index (κ1) is 21.0. The Morgan fingerprint density at radius 1 is 0.969 bits per heavy atom. The maximum absolute atomic E-state index is 6.64. The molecular weight excluding hydrogens is 420 g/mol. The van der Waals surface area contributed by atoms with Crippen LogP contribution in [-0.2, 0) is 0 Å². The van der Waals surface area contributed by atoms with Crippen LogP contribution in [-0.4, -0.2) is 37.0 Å². The predicted octanol–water partition coefficient (Wildman–Crippen LogP) is 6.05. The van der Waals surface area contributed by atoms with Crippen LogP contribution in [0.15, 0.2) is 71.7 Å². The van der Waals surface area contributed by atoms with E-state index in [1.165, 1.54) is 16.7 Å². The van der Waals surface area contributed by atoms with E-state index in [0.717, 1.165) is 48.0 Å². The molecule has 164 valence electrons. The largest absolute Gasteiger partial charge is 0.454 e. The number of halogens is 1. The maximum atomic E-state index is 6.64. The van der Waals surface area contributed by atoms with Crippen LogP contribution in [0.25, 0.3) is 0 Å². The number of aryl methyl sites for hydroxylation is 1. The van der Waals surface area contributed by atoms with E-state index in [1.807, 2.05) is 36.5 Å². The molecule has 0 N–H and O–H groups in total. The van der Waals surface area contributed by atoms with Crippen molar-refractivity contribution >= 4 is 17.8 Å². The molecule has 2 heterocycles. The number of nitrogens with zero attached hydrogens (tertiary/aromatic N) is 2. The van der Waals surface area contributed by atoms with Gasteiger partial charge in [0.15, 0.2) is 11.5 Å². The molecule has 2 aliphatic rings. The van der Waals surface area contributed by atoms with Crippen LogP contribution >= 0.6 is 11.6 Å². The highest BCUT2D eigenvalue weighted by molar-refractivity contribution is 6.31. The summed E-state index contributed by atoms with van der Waals surface area (Å²) in [6.45, 7) is 4.37. The van der Waals surface area contributed by atoms with Crippen LogP contribution in [0, 0.1) is 6.92 Å². The molecule has 0 amide bonds. The topological polar surface area (TPSA) is 34.1 Å². The first-order valence-electron chi connectivity index (χ1n) is 11.2. The standard InChI is InChI=1S/C27H27ClN2O2/c1-19-6-9-21(10-7-19)27(23-4-2-3-5-24(23)28)30-14-12-22(13-15-30)29-17-20-8-11-25-26(16-20)32-18-31-25/h2-11,16-17,22,27H,12-15,18H2,1H3/b29-17-. The van der Waals surface area contributed by atoms with Gasteiger partial charge < -0.3 is 9.47 Å². The summed E-state index contributed by atoms with van der Waals surface area (Å²) in [4.78, 5) is 7.41. The lowest BCUT2D eigenvalue weighted by Gasteiger charge is -2.37. The van der Waals surface area contributed by atoms with Crippen LogP contribution in [0.3, 0.4) is 0 Å². The van der Waals surface area contributed by atoms with E-state index in [4.69, 9.17) is 26.1 Å². The van der Waals surface area contributed by atoms with Gasteiger partial charge in [0.25, 0.3) is 0 Å². The van der Waals surface area contributed by atoms with Crippen LogP contribution in [0.2, 0.25) is 5.02 Å². The Hall–Kier alpha value is -2.82. The van der Waals surface area contributed by atoms with Gasteiger partial charge in [-0.2, -0.15) is 0 Å². The third-order valence-corrected chi connectivity index (χ3v) is 6.63. The lowest BCUT2D eigenvalue weighted by atomic mass is 9.93. The van der Waals surface area contributed by atoms with E-state index in [-0.39, 0.29) is 6.04 Å². The molecule has 4 nitrogen and oxygen atoms in total. The molecule has 0 aliphatic carbocycles. The van der Waals surface area contributed by atoms with Gasteiger partial charge in [-0.05, 0) is 60.7 Å². The summed E-state index contributed by atoms with van der Waals surface area (Å²) in [5.74, 6) is 1.60. The number of fused-ring (bicyclic) bond motifs is 1. The molecule has 0 bridgehead atoms. The number of likely N-dealkylation sites (tertiary alicyclic amines) is 1. The summed E-state index contributed by atoms with van der Waals surface area (Å²) in [6, 6.07) is 23.5. The zero-order valence-corrected chi connectivity index (χ0v) is 19.0. The molecule has 3 aromatic rings. The second-order valence-corrected chi connectivity index (χ2v) is 8.90. The SMILES string of the molecule is Cc1ccc(C(c2ccccc2Cl)N2CCC(/N=C\c3ccc4c(c3)OCO4)CC2)cc1. The molecule has 3 aromatic carbocycles. The molecule has 1 fully saturated rings. The van der Waals surface area contributed by atoms with E-state index < -0.39 is 0 Å². The van der Waals surface area contributed by atoms with Crippen molar-refractivity contribution in [2.45, 2.75) is 31.8 Å². The fourth-order valence-corrected chi connectivity index (χ4v) is 4.75. The normalized spacial score (nSPS) is 17.7.